The Morgan fingerprint density at radius 1 is 1.32 bits per heavy atom. The maximum absolute atomic E-state index is 12.0. The van der Waals surface area contributed by atoms with Gasteiger partial charge in [0.1, 0.15) is 0 Å². The van der Waals surface area contributed by atoms with Crippen LogP contribution in [0.25, 0.3) is 10.9 Å². The van der Waals surface area contributed by atoms with Gasteiger partial charge in [-0.25, -0.2) is 4.79 Å². The molecule has 118 valence electrons. The van der Waals surface area contributed by atoms with Gasteiger partial charge in [0, 0.05) is 23.6 Å². The molecule has 1 aliphatic heterocycles. The van der Waals surface area contributed by atoms with Crippen molar-refractivity contribution in [1.29, 1.82) is 0 Å². The molecular formula is C17H22N2O3. The molecule has 2 N–H and O–H groups in total. The maximum Gasteiger partial charge on any atom is 0.412 e. The molecule has 1 aliphatic rings. The predicted molar refractivity (Wildman–Crippen MR) is 84.6 cm³/mol. The van der Waals surface area contributed by atoms with E-state index in [1.165, 1.54) is 10.5 Å². The Morgan fingerprint density at radius 3 is 2.68 bits per heavy atom. The van der Waals surface area contributed by atoms with E-state index in [9.17, 15) is 9.90 Å². The van der Waals surface area contributed by atoms with Crippen molar-refractivity contribution >= 4 is 17.0 Å². The fourth-order valence-corrected chi connectivity index (χ4v) is 2.91. The summed E-state index contributed by atoms with van der Waals surface area (Å²) in [5.41, 5.74) is 1.18. The van der Waals surface area contributed by atoms with Crippen molar-refractivity contribution in [3.63, 3.8) is 0 Å². The number of amides is 1. The van der Waals surface area contributed by atoms with Gasteiger partial charge in [-0.3, -0.25) is 4.90 Å². The van der Waals surface area contributed by atoms with Crippen molar-refractivity contribution in [2.24, 2.45) is 0 Å². The number of cyclic esters (lactones) is 1. The second-order valence-electron chi connectivity index (χ2n) is 6.66. The molecule has 0 spiro atoms. The highest BCUT2D eigenvalue weighted by Crippen LogP contribution is 2.37. The minimum absolute atomic E-state index is 0.413. The van der Waals surface area contributed by atoms with Gasteiger partial charge in [-0.05, 0) is 51.8 Å². The van der Waals surface area contributed by atoms with Crippen molar-refractivity contribution in [3.05, 3.63) is 35.5 Å². The summed E-state index contributed by atoms with van der Waals surface area (Å²) in [5.74, 6) is 0. The summed E-state index contributed by atoms with van der Waals surface area (Å²) < 4.78 is 5.28. The average Bonchev–Trinajstić information content (AvgIpc) is 2.86. The highest BCUT2D eigenvalue weighted by Gasteiger charge is 2.56. The van der Waals surface area contributed by atoms with E-state index in [1.54, 1.807) is 20.8 Å². The number of aryl methyl sites for hydroxylation is 1. The Hall–Kier alpha value is -2.01. The van der Waals surface area contributed by atoms with Crippen LogP contribution >= 0.6 is 0 Å². The largest absolute Gasteiger partial charge is 0.438 e. The highest BCUT2D eigenvalue weighted by atomic mass is 16.6. The lowest BCUT2D eigenvalue weighted by molar-refractivity contribution is -0.126. The summed E-state index contributed by atoms with van der Waals surface area (Å²) in [6.07, 6.45) is 2.15. The van der Waals surface area contributed by atoms with Crippen molar-refractivity contribution in [2.45, 2.75) is 45.4 Å². The van der Waals surface area contributed by atoms with Gasteiger partial charge in [0.25, 0.3) is 0 Å². The molecule has 5 heteroatoms. The summed E-state index contributed by atoms with van der Waals surface area (Å²) in [6.45, 7) is 7.54. The summed E-state index contributed by atoms with van der Waals surface area (Å²) >= 11 is 0. The number of aromatic amines is 1. The first kappa shape index (κ1) is 14.9. The number of carbonyl (C=O) groups excluding carboxylic acids is 1. The summed E-state index contributed by atoms with van der Waals surface area (Å²) in [5, 5.41) is 11.8. The number of ether oxygens (including phenoxy) is 1. The van der Waals surface area contributed by atoms with Crippen LogP contribution in [0, 0.1) is 6.92 Å². The predicted octanol–water partition coefficient (Wildman–Crippen LogP) is 2.96. The van der Waals surface area contributed by atoms with Crippen LogP contribution in [0.15, 0.2) is 24.4 Å². The maximum atomic E-state index is 12.0. The third kappa shape index (κ3) is 2.16. The molecule has 1 saturated heterocycles. The van der Waals surface area contributed by atoms with Crippen LogP contribution in [0.3, 0.4) is 0 Å². The molecule has 3 rings (SSSR count). The molecule has 1 aromatic carbocycles. The van der Waals surface area contributed by atoms with Crippen molar-refractivity contribution in [2.75, 3.05) is 6.54 Å². The summed E-state index contributed by atoms with van der Waals surface area (Å²) in [4.78, 5) is 16.7. The third-order valence-electron chi connectivity index (χ3n) is 4.76. The second kappa shape index (κ2) is 4.74. The molecular weight excluding hydrogens is 280 g/mol. The fourth-order valence-electron chi connectivity index (χ4n) is 2.91. The number of nitrogens with zero attached hydrogens (tertiary/aromatic N) is 1. The van der Waals surface area contributed by atoms with E-state index < -0.39 is 17.4 Å². The molecule has 0 saturated carbocycles. The van der Waals surface area contributed by atoms with E-state index in [4.69, 9.17) is 4.74 Å². The van der Waals surface area contributed by atoms with Gasteiger partial charge < -0.3 is 14.8 Å². The summed E-state index contributed by atoms with van der Waals surface area (Å²) in [6, 6.07) is 6.25. The summed E-state index contributed by atoms with van der Waals surface area (Å²) in [7, 11) is 0. The van der Waals surface area contributed by atoms with Gasteiger partial charge in [0.2, 0.25) is 0 Å². The Balaban J connectivity index is 1.82. The molecule has 2 aromatic rings. The number of benzene rings is 1. The second-order valence-corrected chi connectivity index (χ2v) is 6.66. The number of aromatic nitrogens is 1. The molecule has 0 radical (unpaired) electrons. The number of H-pyrrole nitrogens is 1. The smallest absolute Gasteiger partial charge is 0.412 e. The van der Waals surface area contributed by atoms with Crippen LogP contribution in [0.2, 0.25) is 0 Å². The number of rotatable bonds is 3. The highest BCUT2D eigenvalue weighted by molar-refractivity contribution is 5.84. The Bertz CT molecular complexity index is 731. The van der Waals surface area contributed by atoms with Crippen molar-refractivity contribution in [3.8, 4) is 0 Å². The van der Waals surface area contributed by atoms with E-state index in [0.29, 0.717) is 13.0 Å². The minimum atomic E-state index is -1.31. The first-order valence-electron chi connectivity index (χ1n) is 7.52. The topological polar surface area (TPSA) is 65.6 Å². The Labute approximate surface area is 129 Å². The van der Waals surface area contributed by atoms with Crippen molar-refractivity contribution < 1.29 is 14.6 Å². The first-order valence-corrected chi connectivity index (χ1v) is 7.52. The van der Waals surface area contributed by atoms with E-state index >= 15 is 0 Å². The van der Waals surface area contributed by atoms with Crippen LogP contribution in [-0.2, 0) is 11.2 Å². The monoisotopic (exact) mass is 302 g/mol. The van der Waals surface area contributed by atoms with E-state index in [0.717, 1.165) is 16.5 Å². The average molecular weight is 302 g/mol. The fraction of sp³-hybridized carbons (Fsp3) is 0.471. The lowest BCUT2D eigenvalue weighted by atomic mass is 9.95. The molecule has 5 nitrogen and oxygen atoms in total. The quantitative estimate of drug-likeness (QED) is 0.916. The molecule has 1 fully saturated rings. The van der Waals surface area contributed by atoms with E-state index in [-0.39, 0.29) is 0 Å². The number of hydrogen-bond acceptors (Lipinski definition) is 3. The molecule has 0 aliphatic carbocycles. The number of fused-ring (bicyclic) bond motifs is 1. The van der Waals surface area contributed by atoms with Gasteiger partial charge in [-0.2, -0.15) is 0 Å². The van der Waals surface area contributed by atoms with Gasteiger partial charge in [0.15, 0.2) is 11.3 Å². The molecule has 1 amide bonds. The van der Waals surface area contributed by atoms with Gasteiger partial charge >= 0.3 is 6.09 Å². The van der Waals surface area contributed by atoms with E-state index in [2.05, 4.69) is 30.1 Å². The lowest BCUT2D eigenvalue weighted by Crippen LogP contribution is -2.54. The molecule has 0 unspecified atom stereocenters. The third-order valence-corrected chi connectivity index (χ3v) is 4.76. The van der Waals surface area contributed by atoms with Crippen LogP contribution < -0.4 is 0 Å². The molecule has 1 aromatic heterocycles. The number of carbonyl (C=O) groups is 1. The zero-order chi connectivity index (χ0) is 16.1. The van der Waals surface area contributed by atoms with Crippen LogP contribution in [-0.4, -0.2) is 39.0 Å². The zero-order valence-electron chi connectivity index (χ0n) is 13.4. The minimum Gasteiger partial charge on any atom is -0.438 e. The standard InChI is InChI=1S/C17H22N2O3/c1-11-5-6-14-13(9-11)12(10-18-14)7-8-19-15(20)22-16(2,3)17(19,4)21/h5-6,9-10,18,21H,7-8H2,1-4H3/t17-/m0/s1. The molecule has 2 heterocycles. The molecule has 0 bridgehead atoms. The molecule has 22 heavy (non-hydrogen) atoms. The van der Waals surface area contributed by atoms with Crippen LogP contribution in [0.5, 0.6) is 0 Å². The van der Waals surface area contributed by atoms with Crippen LogP contribution in [0.1, 0.15) is 31.9 Å². The van der Waals surface area contributed by atoms with Crippen LogP contribution in [0.4, 0.5) is 4.79 Å². The lowest BCUT2D eigenvalue weighted by Gasteiger charge is -2.34. The van der Waals surface area contributed by atoms with Crippen molar-refractivity contribution in [1.82, 2.24) is 9.88 Å². The Kier molecular flexibility index (Phi) is 3.22. The number of hydrogen-bond donors (Lipinski definition) is 2. The van der Waals surface area contributed by atoms with Gasteiger partial charge in [0.05, 0.1) is 0 Å². The van der Waals surface area contributed by atoms with Gasteiger partial charge in [-0.15, -0.1) is 0 Å². The normalized spacial score (nSPS) is 24.0. The Morgan fingerprint density at radius 2 is 2.05 bits per heavy atom. The molecule has 1 atom stereocenters. The number of aliphatic hydroxyl groups is 1. The first-order chi connectivity index (χ1) is 10.2. The van der Waals surface area contributed by atoms with E-state index in [1.807, 2.05) is 6.20 Å². The number of nitrogens with one attached hydrogen (secondary N) is 1. The SMILES string of the molecule is Cc1ccc2[nH]cc(CCN3C(=O)OC(C)(C)[C@]3(C)O)c2c1. The zero-order valence-corrected chi connectivity index (χ0v) is 13.4. The van der Waals surface area contributed by atoms with Gasteiger partial charge in [-0.1, -0.05) is 11.6 Å².